The van der Waals surface area contributed by atoms with Crippen LogP contribution in [0.3, 0.4) is 0 Å². The van der Waals surface area contributed by atoms with Crippen molar-refractivity contribution in [3.63, 3.8) is 0 Å². The molecule has 0 aliphatic carbocycles. The first kappa shape index (κ1) is 17.5. The number of rotatable bonds is 4. The molecule has 1 N–H and O–H groups in total. The number of amides is 1. The maximum Gasteiger partial charge on any atom is 0.410 e. The Morgan fingerprint density at radius 3 is 2.55 bits per heavy atom. The molecule has 2 heterocycles. The molecule has 2 fully saturated rings. The molecule has 5 heteroatoms. The van der Waals surface area contributed by atoms with Crippen LogP contribution in [0.5, 0.6) is 0 Å². The predicted molar refractivity (Wildman–Crippen MR) is 89.0 cm³/mol. The Morgan fingerprint density at radius 2 is 1.95 bits per heavy atom. The van der Waals surface area contributed by atoms with Gasteiger partial charge in [0.05, 0.1) is 0 Å². The zero-order valence-electron chi connectivity index (χ0n) is 14.9. The van der Waals surface area contributed by atoms with E-state index in [0.29, 0.717) is 12.1 Å². The molecule has 0 spiro atoms. The highest BCUT2D eigenvalue weighted by Crippen LogP contribution is 2.19. The first-order valence-corrected chi connectivity index (χ1v) is 8.70. The molecular weight excluding hydrogens is 278 g/mol. The van der Waals surface area contributed by atoms with Gasteiger partial charge in [0.15, 0.2) is 0 Å². The summed E-state index contributed by atoms with van der Waals surface area (Å²) < 4.78 is 5.44. The fourth-order valence-corrected chi connectivity index (χ4v) is 3.25. The van der Waals surface area contributed by atoms with Gasteiger partial charge in [0.25, 0.3) is 0 Å². The number of nitrogens with zero attached hydrogens (tertiary/aromatic N) is 2. The van der Waals surface area contributed by atoms with Gasteiger partial charge in [0.1, 0.15) is 5.60 Å². The van der Waals surface area contributed by atoms with Crippen molar-refractivity contribution in [2.45, 2.75) is 65.1 Å². The molecule has 2 unspecified atom stereocenters. The van der Waals surface area contributed by atoms with Crippen LogP contribution in [-0.2, 0) is 4.74 Å². The number of carbonyl (C=O) groups is 1. The number of carbonyl (C=O) groups excluding carboxylic acids is 1. The lowest BCUT2D eigenvalue weighted by Crippen LogP contribution is -2.40. The molecule has 2 atom stereocenters. The number of ether oxygens (including phenoxy) is 1. The van der Waals surface area contributed by atoms with E-state index in [1.807, 2.05) is 25.7 Å². The van der Waals surface area contributed by atoms with Crippen LogP contribution in [0.25, 0.3) is 0 Å². The molecule has 2 saturated heterocycles. The number of hydrogen-bond acceptors (Lipinski definition) is 4. The first-order chi connectivity index (χ1) is 10.2. The first-order valence-electron chi connectivity index (χ1n) is 8.70. The van der Waals surface area contributed by atoms with E-state index in [0.717, 1.165) is 32.0 Å². The van der Waals surface area contributed by atoms with Crippen molar-refractivity contribution in [1.29, 1.82) is 0 Å². The van der Waals surface area contributed by atoms with Crippen molar-refractivity contribution in [2.24, 2.45) is 5.92 Å². The Labute approximate surface area is 135 Å². The molecule has 0 aromatic carbocycles. The van der Waals surface area contributed by atoms with Crippen molar-refractivity contribution >= 4 is 6.09 Å². The topological polar surface area (TPSA) is 44.8 Å². The third kappa shape index (κ3) is 5.13. The van der Waals surface area contributed by atoms with Crippen LogP contribution in [0.15, 0.2) is 0 Å². The molecule has 128 valence electrons. The Kier molecular flexibility index (Phi) is 5.72. The van der Waals surface area contributed by atoms with Gasteiger partial charge in [0.2, 0.25) is 0 Å². The number of hydrogen-bond donors (Lipinski definition) is 1. The highest BCUT2D eigenvalue weighted by Gasteiger charge is 2.30. The lowest BCUT2D eigenvalue weighted by molar-refractivity contribution is 0.0291. The maximum absolute atomic E-state index is 12.1. The van der Waals surface area contributed by atoms with Crippen LogP contribution in [0.4, 0.5) is 4.79 Å². The lowest BCUT2D eigenvalue weighted by atomic mass is 10.1. The van der Waals surface area contributed by atoms with E-state index in [9.17, 15) is 4.79 Å². The van der Waals surface area contributed by atoms with Crippen molar-refractivity contribution < 1.29 is 9.53 Å². The zero-order chi connectivity index (χ0) is 16.3. The van der Waals surface area contributed by atoms with Crippen molar-refractivity contribution in [2.75, 3.05) is 32.7 Å². The van der Waals surface area contributed by atoms with E-state index in [-0.39, 0.29) is 6.09 Å². The van der Waals surface area contributed by atoms with Crippen LogP contribution in [-0.4, -0.2) is 66.3 Å². The summed E-state index contributed by atoms with van der Waals surface area (Å²) in [4.78, 5) is 16.4. The van der Waals surface area contributed by atoms with Gasteiger partial charge in [-0.05, 0) is 66.5 Å². The van der Waals surface area contributed by atoms with E-state index in [1.165, 1.54) is 19.5 Å². The molecule has 0 saturated carbocycles. The molecule has 2 aliphatic rings. The van der Waals surface area contributed by atoms with Crippen LogP contribution >= 0.6 is 0 Å². The van der Waals surface area contributed by atoms with Gasteiger partial charge in [0, 0.05) is 31.7 Å². The second-order valence-corrected chi connectivity index (χ2v) is 8.06. The maximum atomic E-state index is 12.1. The highest BCUT2D eigenvalue weighted by atomic mass is 16.6. The molecular formula is C17H33N3O2. The van der Waals surface area contributed by atoms with Gasteiger partial charge >= 0.3 is 6.09 Å². The minimum absolute atomic E-state index is 0.177. The molecule has 2 aliphatic heterocycles. The summed E-state index contributed by atoms with van der Waals surface area (Å²) in [5, 5.41) is 3.65. The van der Waals surface area contributed by atoms with Gasteiger partial charge in [-0.25, -0.2) is 4.79 Å². The molecule has 22 heavy (non-hydrogen) atoms. The van der Waals surface area contributed by atoms with E-state index < -0.39 is 5.60 Å². The summed E-state index contributed by atoms with van der Waals surface area (Å²) in [6.07, 6.45) is 2.14. The van der Waals surface area contributed by atoms with Crippen LogP contribution < -0.4 is 5.32 Å². The van der Waals surface area contributed by atoms with Gasteiger partial charge in [-0.3, -0.25) is 0 Å². The Hall–Kier alpha value is -0.810. The molecule has 5 nitrogen and oxygen atoms in total. The Balaban J connectivity index is 1.68. The second-order valence-electron chi connectivity index (χ2n) is 8.06. The molecule has 2 rings (SSSR count). The minimum Gasteiger partial charge on any atom is -0.444 e. The summed E-state index contributed by atoms with van der Waals surface area (Å²) in [6, 6.07) is 1.07. The Morgan fingerprint density at radius 1 is 1.23 bits per heavy atom. The van der Waals surface area contributed by atoms with Crippen molar-refractivity contribution in [3.05, 3.63) is 0 Å². The smallest absolute Gasteiger partial charge is 0.410 e. The van der Waals surface area contributed by atoms with Gasteiger partial charge in [-0.2, -0.15) is 0 Å². The van der Waals surface area contributed by atoms with Crippen LogP contribution in [0.1, 0.15) is 47.5 Å². The summed E-state index contributed by atoms with van der Waals surface area (Å²) in [5.74, 6) is 0.748. The van der Waals surface area contributed by atoms with Gasteiger partial charge < -0.3 is 19.9 Å². The van der Waals surface area contributed by atoms with E-state index in [1.54, 1.807) is 0 Å². The number of likely N-dealkylation sites (tertiary alicyclic amines) is 2. The fraction of sp³-hybridized carbons (Fsp3) is 0.941. The van der Waals surface area contributed by atoms with E-state index in [4.69, 9.17) is 4.74 Å². The highest BCUT2D eigenvalue weighted by molar-refractivity contribution is 5.68. The lowest BCUT2D eigenvalue weighted by Gasteiger charge is -2.24. The Bertz CT molecular complexity index is 379. The second kappa shape index (κ2) is 7.18. The van der Waals surface area contributed by atoms with E-state index >= 15 is 0 Å². The van der Waals surface area contributed by atoms with Crippen LogP contribution in [0, 0.1) is 5.92 Å². The minimum atomic E-state index is -0.410. The molecule has 1 amide bonds. The van der Waals surface area contributed by atoms with Gasteiger partial charge in [-0.15, -0.1) is 0 Å². The standard InChI is InChI=1S/C17H33N3O2/c1-13(2)19-8-6-14(11-19)10-18-15-7-9-20(12-15)16(21)22-17(3,4)5/h13-15,18H,6-12H2,1-5H3. The molecule has 0 aromatic heterocycles. The predicted octanol–water partition coefficient (Wildman–Crippen LogP) is 2.32. The average molecular weight is 311 g/mol. The normalized spacial score (nSPS) is 26.9. The fourth-order valence-electron chi connectivity index (χ4n) is 3.25. The summed E-state index contributed by atoms with van der Waals surface area (Å²) in [5.41, 5.74) is -0.410. The van der Waals surface area contributed by atoms with Gasteiger partial charge in [-0.1, -0.05) is 0 Å². The van der Waals surface area contributed by atoms with E-state index in [2.05, 4.69) is 24.1 Å². The molecule has 0 aromatic rings. The average Bonchev–Trinajstić information content (AvgIpc) is 3.04. The summed E-state index contributed by atoms with van der Waals surface area (Å²) >= 11 is 0. The largest absolute Gasteiger partial charge is 0.444 e. The number of nitrogens with one attached hydrogen (secondary N) is 1. The molecule has 0 radical (unpaired) electrons. The van der Waals surface area contributed by atoms with Crippen molar-refractivity contribution in [3.8, 4) is 0 Å². The summed E-state index contributed by atoms with van der Waals surface area (Å²) in [7, 11) is 0. The SMILES string of the molecule is CC(C)N1CCC(CNC2CCN(C(=O)OC(C)(C)C)C2)C1. The van der Waals surface area contributed by atoms with Crippen molar-refractivity contribution in [1.82, 2.24) is 15.1 Å². The monoisotopic (exact) mass is 311 g/mol. The zero-order valence-corrected chi connectivity index (χ0v) is 14.9. The molecule has 0 bridgehead atoms. The summed E-state index contributed by atoms with van der Waals surface area (Å²) in [6.45, 7) is 15.3. The third-order valence-corrected chi connectivity index (χ3v) is 4.58. The van der Waals surface area contributed by atoms with Crippen LogP contribution in [0.2, 0.25) is 0 Å². The third-order valence-electron chi connectivity index (χ3n) is 4.58. The quantitative estimate of drug-likeness (QED) is 0.865.